The molecule has 1 atom stereocenters. The highest BCUT2D eigenvalue weighted by Gasteiger charge is 2.40. The molecule has 25 heavy (non-hydrogen) atoms. The number of nitrogens with one attached hydrogen (secondary N) is 1. The fourth-order valence-electron chi connectivity index (χ4n) is 2.80. The smallest absolute Gasteiger partial charge is 0.265 e. The summed E-state index contributed by atoms with van der Waals surface area (Å²) in [4.78, 5) is 12.4. The van der Waals surface area contributed by atoms with Gasteiger partial charge in [-0.1, -0.05) is 6.92 Å². The molecule has 0 unspecified atom stereocenters. The van der Waals surface area contributed by atoms with Gasteiger partial charge in [0.05, 0.1) is 23.4 Å². The molecule has 6 nitrogen and oxygen atoms in total. The van der Waals surface area contributed by atoms with Crippen LogP contribution in [0.3, 0.4) is 0 Å². The Hall–Kier alpha value is -2.61. The molecule has 0 saturated heterocycles. The van der Waals surface area contributed by atoms with Crippen LogP contribution in [0.15, 0.2) is 47.4 Å². The van der Waals surface area contributed by atoms with Crippen molar-refractivity contribution in [3.8, 4) is 5.75 Å². The van der Waals surface area contributed by atoms with Crippen LogP contribution in [-0.4, -0.2) is 27.5 Å². The average Bonchev–Trinajstić information content (AvgIpc) is 2.60. The van der Waals surface area contributed by atoms with E-state index in [1.54, 1.807) is 6.92 Å². The van der Waals surface area contributed by atoms with Gasteiger partial charge in [-0.15, -0.1) is 0 Å². The molecule has 3 rings (SSSR count). The van der Waals surface area contributed by atoms with Crippen LogP contribution < -0.4 is 14.4 Å². The van der Waals surface area contributed by atoms with Crippen LogP contribution in [0.5, 0.6) is 5.75 Å². The van der Waals surface area contributed by atoms with Crippen molar-refractivity contribution in [3.63, 3.8) is 0 Å². The van der Waals surface area contributed by atoms with Gasteiger partial charge in [-0.2, -0.15) is 0 Å². The highest BCUT2D eigenvalue weighted by atomic mass is 32.2. The van der Waals surface area contributed by atoms with Crippen molar-refractivity contribution in [2.45, 2.75) is 24.3 Å². The zero-order valence-electron chi connectivity index (χ0n) is 13.7. The number of rotatable bonds is 4. The summed E-state index contributed by atoms with van der Waals surface area (Å²) in [7, 11) is -2.53. The third-order valence-corrected chi connectivity index (χ3v) is 5.88. The highest BCUT2D eigenvalue weighted by Crippen LogP contribution is 2.37. The first-order valence-electron chi connectivity index (χ1n) is 7.67. The van der Waals surface area contributed by atoms with Crippen LogP contribution in [0.4, 0.5) is 15.8 Å². The number of halogens is 1. The minimum absolute atomic E-state index is 0.0247. The van der Waals surface area contributed by atoms with E-state index in [0.29, 0.717) is 5.75 Å². The Morgan fingerprint density at radius 1 is 1.20 bits per heavy atom. The number of fused-ring (bicyclic) bond motifs is 1. The molecular weight excluding hydrogens is 347 g/mol. The summed E-state index contributed by atoms with van der Waals surface area (Å²) in [5, 5.41) is 2.57. The first-order valence-corrected chi connectivity index (χ1v) is 9.11. The second-order valence-corrected chi connectivity index (χ2v) is 7.37. The lowest BCUT2D eigenvalue weighted by Crippen LogP contribution is -2.50. The van der Waals surface area contributed by atoms with Gasteiger partial charge in [0.15, 0.2) is 0 Å². The molecule has 8 heteroatoms. The van der Waals surface area contributed by atoms with Crippen LogP contribution in [0.25, 0.3) is 0 Å². The predicted molar refractivity (Wildman–Crippen MR) is 91.8 cm³/mol. The molecular formula is C17H17FN2O4S. The molecule has 1 N–H and O–H groups in total. The number of amides is 1. The number of sulfonamides is 1. The van der Waals surface area contributed by atoms with E-state index in [0.717, 1.165) is 10.4 Å². The van der Waals surface area contributed by atoms with Crippen molar-refractivity contribution >= 4 is 27.3 Å². The molecule has 2 aromatic rings. The van der Waals surface area contributed by atoms with E-state index in [1.807, 2.05) is 0 Å². The van der Waals surface area contributed by atoms with Crippen molar-refractivity contribution in [2.24, 2.45) is 0 Å². The van der Waals surface area contributed by atoms with Crippen molar-refractivity contribution < 1.29 is 22.3 Å². The van der Waals surface area contributed by atoms with E-state index in [9.17, 15) is 17.6 Å². The number of benzene rings is 2. The van der Waals surface area contributed by atoms with E-state index in [2.05, 4.69) is 5.32 Å². The average molecular weight is 364 g/mol. The molecule has 0 fully saturated rings. The van der Waals surface area contributed by atoms with Crippen LogP contribution in [0.1, 0.15) is 13.3 Å². The molecule has 2 aromatic carbocycles. The summed E-state index contributed by atoms with van der Waals surface area (Å²) in [6.45, 7) is 1.72. The van der Waals surface area contributed by atoms with Gasteiger partial charge in [-0.25, -0.2) is 12.8 Å². The van der Waals surface area contributed by atoms with E-state index < -0.39 is 27.8 Å². The van der Waals surface area contributed by atoms with Gasteiger partial charge in [-0.3, -0.25) is 9.10 Å². The zero-order valence-corrected chi connectivity index (χ0v) is 14.5. The number of carbonyl (C=O) groups is 1. The largest absolute Gasteiger partial charge is 0.497 e. The standard InChI is InChI=1S/C17H17FN2O4S/c1-3-15-17(21)19-14-10-11(18)4-9-16(14)20(15)25(22,23)13-7-5-12(24-2)6-8-13/h4-10,15H,3H2,1-2H3,(H,19,21)/t15-/m0/s1. The number of ether oxygens (including phenoxy) is 1. The third-order valence-electron chi connectivity index (χ3n) is 4.04. The number of carbonyl (C=O) groups excluding carboxylic acids is 1. The monoisotopic (exact) mass is 364 g/mol. The molecule has 0 spiro atoms. The molecule has 1 heterocycles. The fraction of sp³-hybridized carbons (Fsp3) is 0.235. The summed E-state index contributed by atoms with van der Waals surface area (Å²) in [5.41, 5.74) is 0.371. The number of methoxy groups -OCH3 is 1. The van der Waals surface area contributed by atoms with Crippen LogP contribution in [0, 0.1) is 5.82 Å². The SMILES string of the molecule is CC[C@H]1C(=O)Nc2cc(F)ccc2N1S(=O)(=O)c1ccc(OC)cc1. The highest BCUT2D eigenvalue weighted by molar-refractivity contribution is 7.93. The molecule has 1 amide bonds. The molecule has 0 aliphatic carbocycles. The Labute approximate surface area is 145 Å². The summed E-state index contributed by atoms with van der Waals surface area (Å²) in [5.74, 6) is -0.529. The number of anilines is 2. The van der Waals surface area contributed by atoms with Crippen LogP contribution >= 0.6 is 0 Å². The van der Waals surface area contributed by atoms with Gasteiger partial charge in [0.1, 0.15) is 17.6 Å². The van der Waals surface area contributed by atoms with Gasteiger partial charge >= 0.3 is 0 Å². The normalized spacial score (nSPS) is 17.0. The van der Waals surface area contributed by atoms with E-state index in [1.165, 1.54) is 43.5 Å². The first-order chi connectivity index (χ1) is 11.9. The topological polar surface area (TPSA) is 75.7 Å². The number of hydrogen-bond acceptors (Lipinski definition) is 4. The molecule has 0 radical (unpaired) electrons. The van der Waals surface area contributed by atoms with E-state index in [-0.39, 0.29) is 22.7 Å². The lowest BCUT2D eigenvalue weighted by molar-refractivity contribution is -0.117. The molecule has 0 saturated carbocycles. The number of hydrogen-bond donors (Lipinski definition) is 1. The predicted octanol–water partition coefficient (Wildman–Crippen LogP) is 2.76. The van der Waals surface area contributed by atoms with Crippen molar-refractivity contribution in [3.05, 3.63) is 48.3 Å². The Bertz CT molecular complexity index is 913. The fourth-order valence-corrected chi connectivity index (χ4v) is 4.51. The van der Waals surface area contributed by atoms with E-state index in [4.69, 9.17) is 4.74 Å². The van der Waals surface area contributed by atoms with Gasteiger partial charge in [0.25, 0.3) is 10.0 Å². The minimum atomic E-state index is -4.01. The van der Waals surface area contributed by atoms with Gasteiger partial charge in [-0.05, 0) is 48.9 Å². The molecule has 132 valence electrons. The van der Waals surface area contributed by atoms with Gasteiger partial charge in [0, 0.05) is 0 Å². The maximum atomic E-state index is 13.5. The third kappa shape index (κ3) is 2.93. The summed E-state index contributed by atoms with van der Waals surface area (Å²) in [6, 6.07) is 8.60. The molecule has 0 bridgehead atoms. The number of nitrogens with zero attached hydrogens (tertiary/aromatic N) is 1. The van der Waals surface area contributed by atoms with Gasteiger partial charge in [0.2, 0.25) is 5.91 Å². The zero-order chi connectivity index (χ0) is 18.2. The summed E-state index contributed by atoms with van der Waals surface area (Å²) < 4.78 is 45.9. The van der Waals surface area contributed by atoms with Gasteiger partial charge < -0.3 is 10.1 Å². The molecule has 1 aliphatic heterocycles. The Morgan fingerprint density at radius 2 is 1.88 bits per heavy atom. The lowest BCUT2D eigenvalue weighted by atomic mass is 10.1. The second-order valence-electron chi connectivity index (χ2n) is 5.55. The lowest BCUT2D eigenvalue weighted by Gasteiger charge is -2.36. The minimum Gasteiger partial charge on any atom is -0.497 e. The molecule has 0 aromatic heterocycles. The first kappa shape index (κ1) is 17.2. The Balaban J connectivity index is 2.16. The van der Waals surface area contributed by atoms with Crippen molar-refractivity contribution in [1.82, 2.24) is 0 Å². The van der Waals surface area contributed by atoms with Crippen LogP contribution in [-0.2, 0) is 14.8 Å². The van der Waals surface area contributed by atoms with Crippen LogP contribution in [0.2, 0.25) is 0 Å². The van der Waals surface area contributed by atoms with Crippen molar-refractivity contribution in [2.75, 3.05) is 16.7 Å². The molecule has 1 aliphatic rings. The Morgan fingerprint density at radius 3 is 2.48 bits per heavy atom. The maximum absolute atomic E-state index is 13.5. The summed E-state index contributed by atoms with van der Waals surface area (Å²) >= 11 is 0. The quantitative estimate of drug-likeness (QED) is 0.905. The Kier molecular flexibility index (Phi) is 4.38. The van der Waals surface area contributed by atoms with E-state index >= 15 is 0 Å². The second kappa shape index (κ2) is 6.36. The maximum Gasteiger partial charge on any atom is 0.265 e. The van der Waals surface area contributed by atoms with Crippen molar-refractivity contribution in [1.29, 1.82) is 0 Å². The summed E-state index contributed by atoms with van der Waals surface area (Å²) in [6.07, 6.45) is 0.276.